The van der Waals surface area contributed by atoms with Gasteiger partial charge in [0, 0.05) is 18.6 Å². The second-order valence-electron chi connectivity index (χ2n) is 6.39. The Balaban J connectivity index is 1.83. The molecule has 3 heteroatoms. The van der Waals surface area contributed by atoms with Crippen LogP contribution in [0.1, 0.15) is 32.3 Å². The normalized spacial score (nSPS) is 27.2. The lowest BCUT2D eigenvalue weighted by molar-refractivity contribution is 0.0479. The number of piperidine rings is 1. The number of aliphatic hydroxyl groups is 1. The van der Waals surface area contributed by atoms with Gasteiger partial charge in [-0.3, -0.25) is 4.90 Å². The quantitative estimate of drug-likeness (QED) is 0.865. The lowest BCUT2D eigenvalue weighted by Gasteiger charge is -2.38. The largest absolute Gasteiger partial charge is 0.390 e. The number of β-amino-alcohol motifs (C(OH)–C–C–N with tert-alkyl or cyclic N) is 1. The first-order valence-corrected chi connectivity index (χ1v) is 7.78. The van der Waals surface area contributed by atoms with E-state index in [1.807, 2.05) is 18.2 Å². The summed E-state index contributed by atoms with van der Waals surface area (Å²) in [4.78, 5) is 2.38. The number of nitrogens with two attached hydrogens (primary N) is 1. The second kappa shape index (κ2) is 7.21. The average Bonchev–Trinajstić information content (AvgIpc) is 2.43. The highest BCUT2D eigenvalue weighted by Crippen LogP contribution is 2.22. The maximum absolute atomic E-state index is 10.3. The van der Waals surface area contributed by atoms with Crippen LogP contribution in [0, 0.1) is 5.92 Å². The summed E-state index contributed by atoms with van der Waals surface area (Å²) in [6.07, 6.45) is 2.73. The molecule has 1 aliphatic heterocycles. The van der Waals surface area contributed by atoms with E-state index >= 15 is 0 Å². The first-order chi connectivity index (χ1) is 9.56. The van der Waals surface area contributed by atoms with Gasteiger partial charge in [0.2, 0.25) is 0 Å². The first kappa shape index (κ1) is 15.5. The van der Waals surface area contributed by atoms with E-state index in [0.717, 1.165) is 18.9 Å². The van der Waals surface area contributed by atoms with Crippen LogP contribution in [0.15, 0.2) is 30.3 Å². The molecule has 1 heterocycles. The summed E-state index contributed by atoms with van der Waals surface area (Å²) < 4.78 is 0. The van der Waals surface area contributed by atoms with E-state index in [4.69, 9.17) is 5.73 Å². The van der Waals surface area contributed by atoms with E-state index < -0.39 is 6.10 Å². The van der Waals surface area contributed by atoms with Crippen LogP contribution in [0.4, 0.5) is 0 Å². The molecule has 112 valence electrons. The maximum atomic E-state index is 10.3. The molecule has 0 aliphatic carbocycles. The zero-order valence-electron chi connectivity index (χ0n) is 12.7. The van der Waals surface area contributed by atoms with Crippen molar-refractivity contribution in [2.75, 3.05) is 13.1 Å². The summed E-state index contributed by atoms with van der Waals surface area (Å²) >= 11 is 0. The molecule has 2 rings (SSSR count). The fraction of sp³-hybridized carbons (Fsp3) is 0.647. The third-order valence-corrected chi connectivity index (χ3v) is 4.51. The number of likely N-dealkylation sites (tertiary alicyclic amines) is 1. The van der Waals surface area contributed by atoms with Gasteiger partial charge in [0.25, 0.3) is 0 Å². The van der Waals surface area contributed by atoms with Crippen molar-refractivity contribution in [2.45, 2.75) is 51.3 Å². The molecule has 3 N–H and O–H groups in total. The topological polar surface area (TPSA) is 49.5 Å². The zero-order valence-corrected chi connectivity index (χ0v) is 12.7. The van der Waals surface area contributed by atoms with Crippen LogP contribution in [-0.4, -0.2) is 41.3 Å². The van der Waals surface area contributed by atoms with E-state index in [-0.39, 0.29) is 6.04 Å². The molecule has 0 bridgehead atoms. The van der Waals surface area contributed by atoms with Crippen molar-refractivity contribution in [2.24, 2.45) is 11.7 Å². The minimum atomic E-state index is -0.453. The summed E-state index contributed by atoms with van der Waals surface area (Å²) in [7, 11) is 0. The van der Waals surface area contributed by atoms with Gasteiger partial charge in [-0.25, -0.2) is 0 Å². The second-order valence-corrected chi connectivity index (χ2v) is 6.39. The van der Waals surface area contributed by atoms with Crippen molar-refractivity contribution in [1.82, 2.24) is 4.90 Å². The van der Waals surface area contributed by atoms with Gasteiger partial charge in [-0.05, 0) is 44.2 Å². The van der Waals surface area contributed by atoms with Crippen molar-refractivity contribution >= 4 is 0 Å². The molecule has 1 aromatic rings. The van der Waals surface area contributed by atoms with E-state index in [1.54, 1.807) is 0 Å². The Morgan fingerprint density at radius 1 is 1.30 bits per heavy atom. The number of rotatable bonds is 5. The Morgan fingerprint density at radius 2 is 2.00 bits per heavy atom. The Bertz CT molecular complexity index is 395. The summed E-state index contributed by atoms with van der Waals surface area (Å²) in [6, 6.07) is 10.5. The molecule has 0 aromatic heterocycles. The van der Waals surface area contributed by atoms with Gasteiger partial charge in [0.15, 0.2) is 0 Å². The number of hydrogen-bond donors (Lipinski definition) is 2. The lowest BCUT2D eigenvalue weighted by Crippen LogP contribution is -2.49. The van der Waals surface area contributed by atoms with Crippen molar-refractivity contribution in [3.63, 3.8) is 0 Å². The molecule has 1 aromatic carbocycles. The number of hydrogen-bond acceptors (Lipinski definition) is 3. The maximum Gasteiger partial charge on any atom is 0.0821 e. The standard InChI is InChI=1S/C17H28N2O/c1-13-8-9-19(14(2)10-13)12-17(20)16(18)11-15-6-4-3-5-7-15/h3-7,13-14,16-17,20H,8-12,18H2,1-2H3. The molecule has 20 heavy (non-hydrogen) atoms. The van der Waals surface area contributed by atoms with Crippen LogP contribution in [0.2, 0.25) is 0 Å². The molecule has 1 saturated heterocycles. The molecular formula is C17H28N2O. The van der Waals surface area contributed by atoms with E-state index in [1.165, 1.54) is 18.4 Å². The van der Waals surface area contributed by atoms with Crippen molar-refractivity contribution in [1.29, 1.82) is 0 Å². The zero-order chi connectivity index (χ0) is 14.5. The van der Waals surface area contributed by atoms with Crippen molar-refractivity contribution < 1.29 is 5.11 Å². The number of nitrogens with zero attached hydrogens (tertiary/aromatic N) is 1. The number of benzene rings is 1. The molecule has 0 spiro atoms. The van der Waals surface area contributed by atoms with Gasteiger partial charge >= 0.3 is 0 Å². The molecular weight excluding hydrogens is 248 g/mol. The van der Waals surface area contributed by atoms with Gasteiger partial charge in [0.1, 0.15) is 0 Å². The highest BCUT2D eigenvalue weighted by atomic mass is 16.3. The highest BCUT2D eigenvalue weighted by Gasteiger charge is 2.26. The first-order valence-electron chi connectivity index (χ1n) is 7.78. The van der Waals surface area contributed by atoms with E-state index in [0.29, 0.717) is 12.6 Å². The summed E-state index contributed by atoms with van der Waals surface area (Å²) in [6.45, 7) is 6.34. The van der Waals surface area contributed by atoms with E-state index in [9.17, 15) is 5.11 Å². The van der Waals surface area contributed by atoms with Crippen LogP contribution in [0.5, 0.6) is 0 Å². The summed E-state index contributed by atoms with van der Waals surface area (Å²) in [5, 5.41) is 10.3. The van der Waals surface area contributed by atoms with E-state index in [2.05, 4.69) is 30.9 Å². The Hall–Kier alpha value is -0.900. The molecule has 0 radical (unpaired) electrons. The molecule has 3 nitrogen and oxygen atoms in total. The van der Waals surface area contributed by atoms with Crippen molar-refractivity contribution in [3.05, 3.63) is 35.9 Å². The van der Waals surface area contributed by atoms with Gasteiger partial charge in [-0.2, -0.15) is 0 Å². The Kier molecular flexibility index (Phi) is 5.58. The molecule has 0 amide bonds. The minimum absolute atomic E-state index is 0.191. The summed E-state index contributed by atoms with van der Waals surface area (Å²) in [5.41, 5.74) is 7.36. The monoisotopic (exact) mass is 276 g/mol. The molecule has 1 aliphatic rings. The average molecular weight is 276 g/mol. The van der Waals surface area contributed by atoms with Crippen LogP contribution >= 0.6 is 0 Å². The lowest BCUT2D eigenvalue weighted by atomic mass is 9.92. The predicted octanol–water partition coefficient (Wildman–Crippen LogP) is 2.04. The van der Waals surface area contributed by atoms with Gasteiger partial charge < -0.3 is 10.8 Å². The third-order valence-electron chi connectivity index (χ3n) is 4.51. The van der Waals surface area contributed by atoms with Gasteiger partial charge in [-0.1, -0.05) is 37.3 Å². The molecule has 4 unspecified atom stereocenters. The van der Waals surface area contributed by atoms with Gasteiger partial charge in [0.05, 0.1) is 6.10 Å². The smallest absolute Gasteiger partial charge is 0.0821 e. The van der Waals surface area contributed by atoms with Crippen LogP contribution < -0.4 is 5.73 Å². The summed E-state index contributed by atoms with van der Waals surface area (Å²) in [5.74, 6) is 0.802. The number of aliphatic hydroxyl groups excluding tert-OH is 1. The third kappa shape index (κ3) is 4.30. The van der Waals surface area contributed by atoms with Crippen LogP contribution in [0.25, 0.3) is 0 Å². The minimum Gasteiger partial charge on any atom is -0.390 e. The fourth-order valence-corrected chi connectivity index (χ4v) is 3.13. The predicted molar refractivity (Wildman–Crippen MR) is 83.6 cm³/mol. The molecule has 1 fully saturated rings. The molecule has 4 atom stereocenters. The van der Waals surface area contributed by atoms with Crippen LogP contribution in [-0.2, 0) is 6.42 Å². The Morgan fingerprint density at radius 3 is 2.65 bits per heavy atom. The Labute approximate surface area is 122 Å². The van der Waals surface area contributed by atoms with Crippen molar-refractivity contribution in [3.8, 4) is 0 Å². The van der Waals surface area contributed by atoms with Crippen LogP contribution in [0.3, 0.4) is 0 Å². The van der Waals surface area contributed by atoms with Gasteiger partial charge in [-0.15, -0.1) is 0 Å². The SMILES string of the molecule is CC1CCN(CC(O)C(N)Cc2ccccc2)C(C)C1. The molecule has 0 saturated carbocycles. The highest BCUT2D eigenvalue weighted by molar-refractivity contribution is 5.16. The fourth-order valence-electron chi connectivity index (χ4n) is 3.13.